The topological polar surface area (TPSA) is 56.5 Å². The SMILES string of the molecule is O[B]Oc1ccc(F)c2c1cnn2C1CCCCO1. The van der Waals surface area contributed by atoms with E-state index in [4.69, 9.17) is 14.4 Å². The highest BCUT2D eigenvalue weighted by atomic mass is 19.1. The Balaban J connectivity index is 2.08. The lowest BCUT2D eigenvalue weighted by molar-refractivity contribution is -0.0369. The van der Waals surface area contributed by atoms with E-state index in [1.54, 1.807) is 4.68 Å². The molecule has 99 valence electrons. The Labute approximate surface area is 110 Å². The Kier molecular flexibility index (Phi) is 3.39. The molecular weight excluding hydrogens is 250 g/mol. The number of halogens is 1. The minimum absolute atomic E-state index is 0.242. The summed E-state index contributed by atoms with van der Waals surface area (Å²) in [5, 5.41) is 13.4. The zero-order valence-corrected chi connectivity index (χ0v) is 10.3. The minimum Gasteiger partial charge on any atom is -0.537 e. The van der Waals surface area contributed by atoms with Crippen molar-refractivity contribution in [1.82, 2.24) is 9.78 Å². The van der Waals surface area contributed by atoms with Crippen molar-refractivity contribution in [3.63, 3.8) is 0 Å². The van der Waals surface area contributed by atoms with Crippen LogP contribution in [0.25, 0.3) is 10.9 Å². The van der Waals surface area contributed by atoms with Gasteiger partial charge in [-0.05, 0) is 31.4 Å². The van der Waals surface area contributed by atoms with Gasteiger partial charge in [0.25, 0.3) is 0 Å². The fraction of sp³-hybridized carbons (Fsp3) is 0.417. The summed E-state index contributed by atoms with van der Waals surface area (Å²) in [5.41, 5.74) is 0.339. The normalized spacial score (nSPS) is 19.6. The molecule has 1 saturated heterocycles. The minimum atomic E-state index is -0.382. The molecule has 0 aliphatic carbocycles. The molecule has 3 rings (SSSR count). The lowest BCUT2D eigenvalue weighted by Crippen LogP contribution is -2.19. The van der Waals surface area contributed by atoms with Crippen LogP contribution in [-0.4, -0.2) is 29.1 Å². The van der Waals surface area contributed by atoms with Crippen molar-refractivity contribution in [2.75, 3.05) is 6.61 Å². The van der Waals surface area contributed by atoms with Crippen LogP contribution >= 0.6 is 0 Å². The molecule has 1 aromatic heterocycles. The third-order valence-corrected chi connectivity index (χ3v) is 3.28. The lowest BCUT2D eigenvalue weighted by Gasteiger charge is -2.23. The Morgan fingerprint density at radius 3 is 3.11 bits per heavy atom. The molecule has 5 nitrogen and oxygen atoms in total. The number of benzene rings is 1. The molecule has 19 heavy (non-hydrogen) atoms. The highest BCUT2D eigenvalue weighted by Gasteiger charge is 2.21. The number of aromatic nitrogens is 2. The number of hydrogen-bond donors (Lipinski definition) is 1. The summed E-state index contributed by atoms with van der Waals surface area (Å²) < 4.78 is 26.1. The average molecular weight is 263 g/mol. The number of rotatable bonds is 3. The van der Waals surface area contributed by atoms with Gasteiger partial charge in [0, 0.05) is 6.61 Å². The molecule has 1 unspecified atom stereocenters. The molecule has 1 atom stereocenters. The van der Waals surface area contributed by atoms with Crippen molar-refractivity contribution >= 4 is 18.6 Å². The van der Waals surface area contributed by atoms with Gasteiger partial charge >= 0.3 is 7.69 Å². The van der Waals surface area contributed by atoms with E-state index < -0.39 is 0 Å². The van der Waals surface area contributed by atoms with Crippen LogP contribution in [-0.2, 0) is 4.74 Å². The first-order chi connectivity index (χ1) is 9.31. The first-order valence-corrected chi connectivity index (χ1v) is 6.21. The highest BCUT2D eigenvalue weighted by molar-refractivity contribution is 6.18. The maximum absolute atomic E-state index is 14.0. The van der Waals surface area contributed by atoms with Crippen LogP contribution in [0.15, 0.2) is 18.3 Å². The Morgan fingerprint density at radius 2 is 2.37 bits per heavy atom. The molecule has 7 heteroatoms. The molecule has 1 fully saturated rings. The fourth-order valence-electron chi connectivity index (χ4n) is 2.39. The molecular formula is C12H13BFN2O3. The smallest absolute Gasteiger partial charge is 0.537 e. The van der Waals surface area contributed by atoms with E-state index in [0.29, 0.717) is 30.9 Å². The van der Waals surface area contributed by atoms with Gasteiger partial charge in [-0.25, -0.2) is 9.07 Å². The molecule has 0 spiro atoms. The summed E-state index contributed by atoms with van der Waals surface area (Å²) in [6.07, 6.45) is 4.15. The summed E-state index contributed by atoms with van der Waals surface area (Å²) >= 11 is 0. The summed E-state index contributed by atoms with van der Waals surface area (Å²) in [7, 11) is 0.571. The summed E-state index contributed by atoms with van der Waals surface area (Å²) in [5.74, 6) is -0.0204. The summed E-state index contributed by atoms with van der Waals surface area (Å²) in [4.78, 5) is 0. The highest BCUT2D eigenvalue weighted by Crippen LogP contribution is 2.32. The standard InChI is InChI=1S/C12H13BFN2O3/c14-9-4-5-10(19-13-17)8-7-15-16(12(8)9)11-3-1-2-6-18-11/h4-5,7,11,17H,1-3,6H2. The number of hydrogen-bond acceptors (Lipinski definition) is 4. The molecule has 0 saturated carbocycles. The third kappa shape index (κ3) is 2.19. The maximum Gasteiger partial charge on any atom is 0.569 e. The number of nitrogens with zero attached hydrogens (tertiary/aromatic N) is 2. The monoisotopic (exact) mass is 263 g/mol. The van der Waals surface area contributed by atoms with Gasteiger partial charge in [-0.3, -0.25) is 0 Å². The van der Waals surface area contributed by atoms with Gasteiger partial charge in [-0.1, -0.05) is 0 Å². The lowest BCUT2D eigenvalue weighted by atomic mass is 10.1. The van der Waals surface area contributed by atoms with Gasteiger partial charge in [0.2, 0.25) is 0 Å². The average Bonchev–Trinajstić information content (AvgIpc) is 2.89. The molecule has 1 N–H and O–H groups in total. The molecule has 2 heterocycles. The Bertz CT molecular complexity index is 584. The second-order valence-electron chi connectivity index (χ2n) is 4.44. The van der Waals surface area contributed by atoms with E-state index in [9.17, 15) is 4.39 Å². The van der Waals surface area contributed by atoms with E-state index in [1.165, 1.54) is 18.3 Å². The molecule has 0 bridgehead atoms. The van der Waals surface area contributed by atoms with E-state index in [1.807, 2.05) is 0 Å². The van der Waals surface area contributed by atoms with E-state index in [0.717, 1.165) is 19.3 Å². The second-order valence-corrected chi connectivity index (χ2v) is 4.44. The summed E-state index contributed by atoms with van der Waals surface area (Å²) in [6, 6.07) is 2.75. The number of fused-ring (bicyclic) bond motifs is 1. The Hall–Kier alpha value is -1.60. The van der Waals surface area contributed by atoms with Crippen molar-refractivity contribution < 1.29 is 18.8 Å². The molecule has 1 aromatic carbocycles. The molecule has 1 aliphatic rings. The van der Waals surface area contributed by atoms with Gasteiger partial charge in [0.05, 0.1) is 11.6 Å². The van der Waals surface area contributed by atoms with Crippen LogP contribution in [0.5, 0.6) is 5.75 Å². The van der Waals surface area contributed by atoms with Crippen LogP contribution in [0.4, 0.5) is 4.39 Å². The maximum atomic E-state index is 14.0. The van der Waals surface area contributed by atoms with Crippen molar-refractivity contribution in [2.45, 2.75) is 25.5 Å². The van der Waals surface area contributed by atoms with Gasteiger partial charge in [-0.15, -0.1) is 0 Å². The predicted molar refractivity (Wildman–Crippen MR) is 67.1 cm³/mol. The molecule has 2 aromatic rings. The zero-order chi connectivity index (χ0) is 13.2. The first kappa shape index (κ1) is 12.4. The van der Waals surface area contributed by atoms with Crippen LogP contribution in [0.3, 0.4) is 0 Å². The van der Waals surface area contributed by atoms with Gasteiger partial charge in [-0.2, -0.15) is 5.10 Å². The zero-order valence-electron chi connectivity index (χ0n) is 10.3. The van der Waals surface area contributed by atoms with Crippen molar-refractivity contribution in [3.8, 4) is 5.75 Å². The largest absolute Gasteiger partial charge is 0.569 e. The van der Waals surface area contributed by atoms with Crippen molar-refractivity contribution in [2.24, 2.45) is 0 Å². The first-order valence-electron chi connectivity index (χ1n) is 6.21. The van der Waals surface area contributed by atoms with E-state index in [2.05, 4.69) is 5.10 Å². The van der Waals surface area contributed by atoms with Gasteiger partial charge in [0.15, 0.2) is 6.23 Å². The molecule has 0 amide bonds. The molecule has 1 radical (unpaired) electrons. The quantitative estimate of drug-likeness (QED) is 0.857. The van der Waals surface area contributed by atoms with Crippen LogP contribution in [0.2, 0.25) is 0 Å². The van der Waals surface area contributed by atoms with E-state index >= 15 is 0 Å². The van der Waals surface area contributed by atoms with Gasteiger partial charge in [0.1, 0.15) is 17.1 Å². The second kappa shape index (κ2) is 5.18. The van der Waals surface area contributed by atoms with E-state index in [-0.39, 0.29) is 12.0 Å². The summed E-state index contributed by atoms with van der Waals surface area (Å²) in [6.45, 7) is 0.661. The van der Waals surface area contributed by atoms with Crippen LogP contribution < -0.4 is 4.65 Å². The van der Waals surface area contributed by atoms with Gasteiger partial charge < -0.3 is 14.4 Å². The van der Waals surface area contributed by atoms with Crippen molar-refractivity contribution in [1.29, 1.82) is 0 Å². The predicted octanol–water partition coefficient (Wildman–Crippen LogP) is 1.78. The molecule has 1 aliphatic heterocycles. The van der Waals surface area contributed by atoms with Crippen LogP contribution in [0, 0.1) is 5.82 Å². The van der Waals surface area contributed by atoms with Crippen molar-refractivity contribution in [3.05, 3.63) is 24.1 Å². The van der Waals surface area contributed by atoms with Crippen LogP contribution in [0.1, 0.15) is 25.5 Å². The number of ether oxygens (including phenoxy) is 1. The third-order valence-electron chi connectivity index (χ3n) is 3.28. The fourth-order valence-corrected chi connectivity index (χ4v) is 2.39. The Morgan fingerprint density at radius 1 is 1.47 bits per heavy atom.